The number of para-hydroxylation sites is 1. The fraction of sp³-hybridized carbons (Fsp3) is 0.0417. The van der Waals surface area contributed by atoms with Crippen LogP contribution in [0.4, 0.5) is 0 Å². The van der Waals surface area contributed by atoms with Crippen LogP contribution in [0.3, 0.4) is 0 Å². The average molecular weight is 543 g/mol. The smallest absolute Gasteiger partial charge is 0.333 e. The number of nitrogens with one attached hydrogen (secondary N) is 2. The number of fused-ring (bicyclic) bond motifs is 2. The topological polar surface area (TPSA) is 123 Å². The molecule has 36 heavy (non-hydrogen) atoms. The van der Waals surface area contributed by atoms with E-state index < -0.39 is 27.2 Å². The first-order valence-corrected chi connectivity index (χ1v) is 12.7. The first kappa shape index (κ1) is 23.9. The summed E-state index contributed by atoms with van der Waals surface area (Å²) in [5.74, 6) is -1.07. The largest absolute Gasteiger partial charge is 0.338 e. The molecule has 0 spiro atoms. The highest BCUT2D eigenvalue weighted by molar-refractivity contribution is 7.90. The third-order valence-corrected chi connectivity index (χ3v) is 7.80. The van der Waals surface area contributed by atoms with Gasteiger partial charge < -0.3 is 9.55 Å². The predicted molar refractivity (Wildman–Crippen MR) is 138 cm³/mol. The van der Waals surface area contributed by atoms with Gasteiger partial charge in [0.15, 0.2) is 0 Å². The molecule has 0 radical (unpaired) electrons. The van der Waals surface area contributed by atoms with Gasteiger partial charge in [0.25, 0.3) is 21.5 Å². The summed E-state index contributed by atoms with van der Waals surface area (Å²) in [6.45, 7) is 0. The van der Waals surface area contributed by atoms with E-state index in [9.17, 15) is 22.8 Å². The molecule has 0 aliphatic rings. The fourth-order valence-electron chi connectivity index (χ4n) is 4.14. The van der Waals surface area contributed by atoms with Crippen LogP contribution in [0.25, 0.3) is 27.5 Å². The van der Waals surface area contributed by atoms with Crippen LogP contribution in [0.1, 0.15) is 10.5 Å². The van der Waals surface area contributed by atoms with Crippen LogP contribution < -0.4 is 16.0 Å². The van der Waals surface area contributed by atoms with Crippen molar-refractivity contribution in [3.63, 3.8) is 0 Å². The summed E-state index contributed by atoms with van der Waals surface area (Å²) in [5.41, 5.74) is -1.10. The molecule has 0 saturated heterocycles. The highest BCUT2D eigenvalue weighted by Gasteiger charge is 2.29. The number of rotatable bonds is 4. The molecule has 5 aromatic rings. The van der Waals surface area contributed by atoms with Crippen LogP contribution in [0.15, 0.2) is 81.2 Å². The van der Waals surface area contributed by atoms with Gasteiger partial charge in [-0.05, 0) is 42.5 Å². The minimum Gasteiger partial charge on any atom is -0.338 e. The zero-order valence-corrected chi connectivity index (χ0v) is 20.8. The molecule has 0 fully saturated rings. The molecule has 0 bridgehead atoms. The van der Waals surface area contributed by atoms with Gasteiger partial charge in [-0.3, -0.25) is 9.59 Å². The molecule has 0 aliphatic heterocycles. The summed E-state index contributed by atoms with van der Waals surface area (Å²) in [6, 6.07) is 16.7. The zero-order chi connectivity index (χ0) is 25.8. The van der Waals surface area contributed by atoms with Gasteiger partial charge in [0.05, 0.1) is 27.1 Å². The third-order valence-electron chi connectivity index (χ3n) is 5.73. The molecular formula is C24H16Cl2N4O5S. The van der Waals surface area contributed by atoms with Gasteiger partial charge in [-0.15, -0.1) is 0 Å². The number of halogens is 2. The molecule has 0 aliphatic carbocycles. The van der Waals surface area contributed by atoms with Crippen molar-refractivity contribution in [3.05, 3.63) is 103 Å². The van der Waals surface area contributed by atoms with Crippen LogP contribution in [-0.4, -0.2) is 28.4 Å². The lowest BCUT2D eigenvalue weighted by molar-refractivity contribution is 0.0974. The summed E-state index contributed by atoms with van der Waals surface area (Å²) in [5, 5.41) is 0.707. The van der Waals surface area contributed by atoms with Crippen molar-refractivity contribution in [2.24, 2.45) is 7.05 Å². The van der Waals surface area contributed by atoms with Crippen LogP contribution in [0, 0.1) is 0 Å². The highest BCUT2D eigenvalue weighted by Crippen LogP contribution is 2.31. The van der Waals surface area contributed by atoms with Crippen LogP contribution in [0.2, 0.25) is 10.0 Å². The van der Waals surface area contributed by atoms with E-state index in [2.05, 4.69) is 4.98 Å². The SMILES string of the molecule is Cn1c(C(=O)NS(=O)(=O)c2ccccc2Cl)c(-n2c(=O)[nH]c3ccccc3c2=O)c2cc(Cl)ccc21. The van der Waals surface area contributed by atoms with Crippen molar-refractivity contribution in [1.82, 2.24) is 18.8 Å². The Morgan fingerprint density at radius 2 is 1.64 bits per heavy atom. The van der Waals surface area contributed by atoms with Gasteiger partial charge in [0.1, 0.15) is 10.6 Å². The van der Waals surface area contributed by atoms with Crippen molar-refractivity contribution in [2.75, 3.05) is 0 Å². The number of aromatic nitrogens is 3. The monoisotopic (exact) mass is 542 g/mol. The molecule has 5 rings (SSSR count). The number of H-pyrrole nitrogens is 1. The maximum Gasteiger partial charge on any atom is 0.333 e. The van der Waals surface area contributed by atoms with Crippen molar-refractivity contribution in [2.45, 2.75) is 4.90 Å². The second kappa shape index (κ2) is 8.66. The predicted octanol–water partition coefficient (Wildman–Crippen LogP) is 3.60. The Bertz CT molecular complexity index is 1940. The lowest BCUT2D eigenvalue weighted by Crippen LogP contribution is -2.37. The second-order valence-electron chi connectivity index (χ2n) is 7.90. The zero-order valence-electron chi connectivity index (χ0n) is 18.5. The molecule has 3 aromatic carbocycles. The van der Waals surface area contributed by atoms with Gasteiger partial charge in [-0.2, -0.15) is 0 Å². The Kier molecular flexibility index (Phi) is 5.74. The number of aromatic amines is 1. The lowest BCUT2D eigenvalue weighted by Gasteiger charge is -2.12. The number of hydrogen-bond acceptors (Lipinski definition) is 5. The summed E-state index contributed by atoms with van der Waals surface area (Å²) in [4.78, 5) is 42.4. The molecular weight excluding hydrogens is 527 g/mol. The first-order chi connectivity index (χ1) is 17.1. The van der Waals surface area contributed by atoms with Crippen LogP contribution in [0.5, 0.6) is 0 Å². The van der Waals surface area contributed by atoms with Gasteiger partial charge in [-0.25, -0.2) is 22.5 Å². The Hall–Kier alpha value is -3.86. The van der Waals surface area contributed by atoms with Crippen molar-refractivity contribution in [3.8, 4) is 5.69 Å². The molecule has 0 saturated carbocycles. The number of nitrogens with zero attached hydrogens (tertiary/aromatic N) is 2. The molecule has 9 nitrogen and oxygen atoms in total. The van der Waals surface area contributed by atoms with E-state index in [1.54, 1.807) is 36.4 Å². The van der Waals surface area contributed by atoms with Crippen LogP contribution >= 0.6 is 23.2 Å². The lowest BCUT2D eigenvalue weighted by atomic mass is 10.2. The Labute approximate surface area is 213 Å². The second-order valence-corrected chi connectivity index (χ2v) is 10.4. The molecule has 2 N–H and O–H groups in total. The molecule has 0 atom stereocenters. The van der Waals surface area contributed by atoms with Crippen molar-refractivity contribution < 1.29 is 13.2 Å². The number of amides is 1. The quantitative estimate of drug-likeness (QED) is 0.359. The minimum atomic E-state index is -4.40. The minimum absolute atomic E-state index is 0.0796. The number of hydrogen-bond donors (Lipinski definition) is 2. The average Bonchev–Trinajstić information content (AvgIpc) is 3.10. The van der Waals surface area contributed by atoms with E-state index >= 15 is 0 Å². The summed E-state index contributed by atoms with van der Waals surface area (Å²) >= 11 is 12.2. The Morgan fingerprint density at radius 3 is 2.39 bits per heavy atom. The third kappa shape index (κ3) is 3.79. The summed E-state index contributed by atoms with van der Waals surface area (Å²) in [7, 11) is -2.89. The van der Waals surface area contributed by atoms with E-state index in [0.717, 1.165) is 4.57 Å². The summed E-state index contributed by atoms with van der Waals surface area (Å²) in [6.07, 6.45) is 0. The van der Waals surface area contributed by atoms with Crippen molar-refractivity contribution in [1.29, 1.82) is 0 Å². The van der Waals surface area contributed by atoms with Gasteiger partial charge in [0.2, 0.25) is 0 Å². The molecule has 12 heteroatoms. The molecule has 2 heterocycles. The molecule has 0 unspecified atom stereocenters. The maximum absolute atomic E-state index is 13.5. The maximum atomic E-state index is 13.5. The van der Waals surface area contributed by atoms with E-state index in [4.69, 9.17) is 23.2 Å². The number of benzene rings is 3. The first-order valence-electron chi connectivity index (χ1n) is 10.4. The number of sulfonamides is 1. The van der Waals surface area contributed by atoms with Gasteiger partial charge in [-0.1, -0.05) is 47.5 Å². The van der Waals surface area contributed by atoms with Crippen LogP contribution in [-0.2, 0) is 17.1 Å². The molecule has 1 amide bonds. The van der Waals surface area contributed by atoms with Gasteiger partial charge >= 0.3 is 5.69 Å². The van der Waals surface area contributed by atoms with E-state index in [1.165, 1.54) is 41.9 Å². The van der Waals surface area contributed by atoms with E-state index in [1.807, 2.05) is 4.72 Å². The standard InChI is InChI=1S/C24H16Cl2N4O5S/c1-29-18-11-10-13(25)12-15(18)20(30-23(32)14-6-2-4-8-17(14)27-24(30)33)21(29)22(31)28-36(34,35)19-9-5-3-7-16(19)26/h2-12H,1H3,(H,27,33)(H,28,31). The van der Waals surface area contributed by atoms with E-state index in [-0.39, 0.29) is 31.7 Å². The Balaban J connectivity index is 1.80. The summed E-state index contributed by atoms with van der Waals surface area (Å²) < 4.78 is 30.2. The normalized spacial score (nSPS) is 11.8. The Morgan fingerprint density at radius 1 is 0.944 bits per heavy atom. The highest BCUT2D eigenvalue weighted by atomic mass is 35.5. The van der Waals surface area contributed by atoms with Gasteiger partial charge in [0, 0.05) is 17.5 Å². The van der Waals surface area contributed by atoms with Crippen molar-refractivity contribution >= 4 is 60.9 Å². The number of carbonyl (C=O) groups excluding carboxylic acids is 1. The number of carbonyl (C=O) groups is 1. The molecule has 182 valence electrons. The molecule has 2 aromatic heterocycles. The fourth-order valence-corrected chi connectivity index (χ4v) is 5.78. The van der Waals surface area contributed by atoms with E-state index in [0.29, 0.717) is 16.4 Å². The number of aryl methyl sites for hydroxylation is 1.